The van der Waals surface area contributed by atoms with E-state index in [-0.39, 0.29) is 18.9 Å². The van der Waals surface area contributed by atoms with E-state index in [1.165, 1.54) is 148 Å². The van der Waals surface area contributed by atoms with E-state index in [2.05, 4.69) is 55.6 Å². The monoisotopic (exact) mass is 1080 g/mol. The molecule has 2 rings (SSSR count). The van der Waals surface area contributed by atoms with Gasteiger partial charge in [0.05, 0.1) is 32.0 Å². The minimum Gasteiger partial charge on any atom is -0.394 e. The molecular weight excluding hydrogens is 967 g/mol. The molecule has 446 valence electrons. The number of nitrogens with one attached hydrogen (secondary N) is 1. The Hall–Kier alpha value is -1.79. The molecule has 0 aliphatic carbocycles. The fourth-order valence-corrected chi connectivity index (χ4v) is 10.4. The second kappa shape index (κ2) is 48.0. The van der Waals surface area contributed by atoms with Crippen LogP contribution < -0.4 is 5.32 Å². The van der Waals surface area contributed by atoms with Crippen molar-refractivity contribution in [2.45, 2.75) is 331 Å². The Balaban J connectivity index is 1.70. The number of carbonyl (C=O) groups is 1. The van der Waals surface area contributed by atoms with E-state index < -0.39 is 86.8 Å². The number of aliphatic hydroxyl groups excluding tert-OH is 8. The summed E-state index contributed by atoms with van der Waals surface area (Å²) >= 11 is 0. The van der Waals surface area contributed by atoms with E-state index in [1.54, 1.807) is 0 Å². The Morgan fingerprint density at radius 3 is 1.39 bits per heavy atom. The predicted octanol–water partition coefficient (Wildman–Crippen LogP) is 11.0. The van der Waals surface area contributed by atoms with Crippen LogP contribution in [0.2, 0.25) is 0 Å². The zero-order chi connectivity index (χ0) is 55.3. The molecule has 0 aromatic rings. The molecule has 2 aliphatic rings. The maximum absolute atomic E-state index is 13.3. The van der Waals surface area contributed by atoms with Crippen LogP contribution in [0.25, 0.3) is 0 Å². The summed E-state index contributed by atoms with van der Waals surface area (Å²) in [5.41, 5.74) is 0. The Kier molecular flexibility index (Phi) is 44.4. The molecule has 2 aliphatic heterocycles. The van der Waals surface area contributed by atoms with Crippen LogP contribution in [0, 0.1) is 0 Å². The lowest BCUT2D eigenvalue weighted by atomic mass is 9.97. The van der Waals surface area contributed by atoms with Crippen LogP contribution in [-0.2, 0) is 23.7 Å². The number of carbonyl (C=O) groups excluding carboxylic acids is 1. The first kappa shape index (κ1) is 70.3. The molecule has 2 fully saturated rings. The molecule has 0 aromatic carbocycles. The average Bonchev–Trinajstić information content (AvgIpc) is 3.42. The predicted molar refractivity (Wildman–Crippen MR) is 305 cm³/mol. The van der Waals surface area contributed by atoms with Gasteiger partial charge in [-0.3, -0.25) is 4.79 Å². The van der Waals surface area contributed by atoms with Gasteiger partial charge in [-0.1, -0.05) is 243 Å². The van der Waals surface area contributed by atoms with Gasteiger partial charge in [0.2, 0.25) is 5.91 Å². The molecule has 12 atom stereocenters. The SMILES string of the molecule is CC/C=C\C/C=C\C/C=C\CCCCCCCC(=O)NC(COC1OC(CO)C(OC2OC(CO)C(O)C(O)C2O)C(O)C1O)C(O)CCCCCCCCCCCCCCCCCCCCCCCCCCCCC. The summed E-state index contributed by atoms with van der Waals surface area (Å²) in [6.07, 6.45) is 41.6. The topological polar surface area (TPSA) is 228 Å². The van der Waals surface area contributed by atoms with Crippen molar-refractivity contribution in [3.63, 3.8) is 0 Å². The number of unbranched alkanes of at least 4 members (excludes halogenated alkanes) is 31. The Labute approximate surface area is 461 Å². The third kappa shape index (κ3) is 33.1. The number of allylic oxidation sites excluding steroid dienone is 6. The summed E-state index contributed by atoms with van der Waals surface area (Å²) in [6.45, 7) is 2.76. The summed E-state index contributed by atoms with van der Waals surface area (Å²) in [4.78, 5) is 13.3. The Morgan fingerprint density at radius 1 is 0.487 bits per heavy atom. The molecule has 0 aromatic heterocycles. The number of hydrogen-bond acceptors (Lipinski definition) is 13. The summed E-state index contributed by atoms with van der Waals surface area (Å²) in [5, 5.41) is 87.3. The van der Waals surface area contributed by atoms with E-state index in [1.807, 2.05) is 0 Å². The van der Waals surface area contributed by atoms with Crippen molar-refractivity contribution >= 4 is 5.91 Å². The quantitative estimate of drug-likeness (QED) is 0.0204. The first-order valence-electron chi connectivity index (χ1n) is 31.2. The maximum atomic E-state index is 13.3. The van der Waals surface area contributed by atoms with Crippen molar-refractivity contribution < 1.29 is 64.6 Å². The van der Waals surface area contributed by atoms with Crippen LogP contribution in [0.15, 0.2) is 36.5 Å². The van der Waals surface area contributed by atoms with Gasteiger partial charge in [0.15, 0.2) is 12.6 Å². The third-order valence-electron chi connectivity index (χ3n) is 15.4. The first-order chi connectivity index (χ1) is 37.1. The van der Waals surface area contributed by atoms with Crippen molar-refractivity contribution in [1.82, 2.24) is 5.32 Å². The lowest BCUT2D eigenvalue weighted by molar-refractivity contribution is -0.359. The molecule has 12 unspecified atom stereocenters. The number of amides is 1. The fourth-order valence-electron chi connectivity index (χ4n) is 10.4. The molecule has 2 heterocycles. The van der Waals surface area contributed by atoms with Crippen molar-refractivity contribution in [1.29, 1.82) is 0 Å². The van der Waals surface area contributed by atoms with Crippen LogP contribution >= 0.6 is 0 Å². The van der Waals surface area contributed by atoms with E-state index in [9.17, 15) is 45.6 Å². The summed E-state index contributed by atoms with van der Waals surface area (Å²) in [6, 6.07) is -0.838. The summed E-state index contributed by atoms with van der Waals surface area (Å²) in [5.74, 6) is -0.222. The van der Waals surface area contributed by atoms with Crippen LogP contribution in [0.5, 0.6) is 0 Å². The molecule has 0 saturated carbocycles. The average molecular weight is 1080 g/mol. The molecule has 0 radical (unpaired) electrons. The fraction of sp³-hybridized carbons (Fsp3) is 0.887. The molecule has 9 N–H and O–H groups in total. The number of ether oxygens (including phenoxy) is 4. The smallest absolute Gasteiger partial charge is 0.220 e. The van der Waals surface area contributed by atoms with Gasteiger partial charge in [0.1, 0.15) is 48.8 Å². The highest BCUT2D eigenvalue weighted by Gasteiger charge is 2.51. The van der Waals surface area contributed by atoms with Gasteiger partial charge in [-0.2, -0.15) is 0 Å². The van der Waals surface area contributed by atoms with Crippen LogP contribution in [0.1, 0.15) is 258 Å². The van der Waals surface area contributed by atoms with Crippen LogP contribution in [0.4, 0.5) is 0 Å². The Bertz CT molecular complexity index is 1410. The molecule has 1 amide bonds. The normalized spacial score (nSPS) is 25.1. The molecular formula is C62H115NO13. The van der Waals surface area contributed by atoms with Crippen molar-refractivity contribution in [2.75, 3.05) is 19.8 Å². The lowest BCUT2D eigenvalue weighted by Crippen LogP contribution is -2.65. The number of hydrogen-bond donors (Lipinski definition) is 9. The highest BCUT2D eigenvalue weighted by Crippen LogP contribution is 2.30. The second-order valence-electron chi connectivity index (χ2n) is 22.2. The third-order valence-corrected chi connectivity index (χ3v) is 15.4. The highest BCUT2D eigenvalue weighted by molar-refractivity contribution is 5.76. The van der Waals surface area contributed by atoms with Gasteiger partial charge in [0, 0.05) is 6.42 Å². The van der Waals surface area contributed by atoms with E-state index in [0.717, 1.165) is 77.0 Å². The van der Waals surface area contributed by atoms with Crippen LogP contribution in [-0.4, -0.2) is 140 Å². The van der Waals surface area contributed by atoms with Gasteiger partial charge in [-0.25, -0.2) is 0 Å². The lowest BCUT2D eigenvalue weighted by Gasteiger charge is -2.46. The van der Waals surface area contributed by atoms with Gasteiger partial charge < -0.3 is 65.1 Å². The van der Waals surface area contributed by atoms with Crippen molar-refractivity contribution in [2.24, 2.45) is 0 Å². The molecule has 76 heavy (non-hydrogen) atoms. The van der Waals surface area contributed by atoms with Gasteiger partial charge in [0.25, 0.3) is 0 Å². The first-order valence-corrected chi connectivity index (χ1v) is 31.2. The molecule has 2 saturated heterocycles. The number of aliphatic hydroxyl groups is 8. The second-order valence-corrected chi connectivity index (χ2v) is 22.2. The zero-order valence-corrected chi connectivity index (χ0v) is 48.0. The largest absolute Gasteiger partial charge is 0.394 e. The molecule has 14 nitrogen and oxygen atoms in total. The van der Waals surface area contributed by atoms with Gasteiger partial charge in [-0.05, 0) is 44.9 Å². The summed E-state index contributed by atoms with van der Waals surface area (Å²) in [7, 11) is 0. The van der Waals surface area contributed by atoms with E-state index in [4.69, 9.17) is 18.9 Å². The van der Waals surface area contributed by atoms with Crippen molar-refractivity contribution in [3.8, 4) is 0 Å². The highest BCUT2D eigenvalue weighted by atomic mass is 16.7. The zero-order valence-electron chi connectivity index (χ0n) is 48.0. The molecule has 0 bridgehead atoms. The molecule has 14 heteroatoms. The van der Waals surface area contributed by atoms with Gasteiger partial charge >= 0.3 is 0 Å². The van der Waals surface area contributed by atoms with Crippen molar-refractivity contribution in [3.05, 3.63) is 36.5 Å². The minimum atomic E-state index is -1.78. The van der Waals surface area contributed by atoms with E-state index >= 15 is 0 Å². The Morgan fingerprint density at radius 2 is 0.908 bits per heavy atom. The minimum absolute atomic E-state index is 0.222. The van der Waals surface area contributed by atoms with E-state index in [0.29, 0.717) is 12.8 Å². The standard InChI is InChI=1S/C62H115NO13/c1-3-5-7-9-11-13-15-17-19-20-21-22-23-24-25-26-27-28-29-30-32-33-35-37-39-41-43-45-51(66)50(63-54(67)46-44-42-40-38-36-34-31-18-16-14-12-10-8-6-4-2)49-73-61-59(72)57(70)60(53(48-65)75-61)76-62-58(71)56(69)55(68)52(47-64)74-62/h6,8,12,14,18,31,50-53,55-62,64-66,68-72H,3-5,7,9-11,13,15-17,19-30,32-49H2,1-2H3,(H,63,67)/b8-6-,14-12-,31-18-. The maximum Gasteiger partial charge on any atom is 0.220 e. The van der Waals surface area contributed by atoms with Gasteiger partial charge in [-0.15, -0.1) is 0 Å². The molecule has 0 spiro atoms. The van der Waals surface area contributed by atoms with Crippen LogP contribution in [0.3, 0.4) is 0 Å². The number of rotatable bonds is 50. The summed E-state index contributed by atoms with van der Waals surface area (Å²) < 4.78 is 22.8.